The van der Waals surface area contributed by atoms with Crippen molar-refractivity contribution in [1.82, 2.24) is 5.32 Å². The van der Waals surface area contributed by atoms with Crippen LogP contribution in [0.1, 0.15) is 61.1 Å². The van der Waals surface area contributed by atoms with Gasteiger partial charge < -0.3 is 20.3 Å². The lowest BCUT2D eigenvalue weighted by atomic mass is 9.99. The van der Waals surface area contributed by atoms with Crippen LogP contribution < -0.4 is 15.5 Å². The molecule has 0 saturated carbocycles. The highest BCUT2D eigenvalue weighted by molar-refractivity contribution is 7.80. The van der Waals surface area contributed by atoms with E-state index in [0.29, 0.717) is 17.3 Å². The molecule has 0 amide bonds. The van der Waals surface area contributed by atoms with Crippen LogP contribution in [0.3, 0.4) is 0 Å². The van der Waals surface area contributed by atoms with Gasteiger partial charge in [0.1, 0.15) is 0 Å². The second-order valence-electron chi connectivity index (χ2n) is 8.36. The van der Waals surface area contributed by atoms with Crippen molar-refractivity contribution in [3.8, 4) is 0 Å². The van der Waals surface area contributed by atoms with Crippen LogP contribution in [0.15, 0.2) is 42.5 Å². The molecule has 1 fully saturated rings. The summed E-state index contributed by atoms with van der Waals surface area (Å²) in [6, 6.07) is 14.3. The summed E-state index contributed by atoms with van der Waals surface area (Å²) in [6.07, 6.45) is 2.59. The number of piperidine rings is 1. The van der Waals surface area contributed by atoms with Crippen molar-refractivity contribution in [2.75, 3.05) is 29.9 Å². The zero-order valence-corrected chi connectivity index (χ0v) is 19.7. The van der Waals surface area contributed by atoms with Gasteiger partial charge in [-0.1, -0.05) is 19.1 Å². The number of hydrogen-bond acceptors (Lipinski definition) is 4. The van der Waals surface area contributed by atoms with Crippen LogP contribution in [0.4, 0.5) is 11.4 Å². The quantitative estimate of drug-likeness (QED) is 0.461. The Morgan fingerprint density at radius 2 is 2.00 bits per heavy atom. The van der Waals surface area contributed by atoms with Gasteiger partial charge in [-0.3, -0.25) is 0 Å². The summed E-state index contributed by atoms with van der Waals surface area (Å²) >= 11 is 5.52. The summed E-state index contributed by atoms with van der Waals surface area (Å²) in [4.78, 5) is 14.4. The van der Waals surface area contributed by atoms with Crippen molar-refractivity contribution < 1.29 is 9.53 Å². The Labute approximate surface area is 191 Å². The molecule has 2 atom stereocenters. The largest absolute Gasteiger partial charge is 0.462 e. The van der Waals surface area contributed by atoms with Gasteiger partial charge in [0, 0.05) is 24.5 Å². The number of hydrogen-bond donors (Lipinski definition) is 2. The predicted octanol–water partition coefficient (Wildman–Crippen LogP) is 5.46. The molecule has 0 radical (unpaired) electrons. The first-order valence-corrected chi connectivity index (χ1v) is 11.5. The van der Waals surface area contributed by atoms with Gasteiger partial charge >= 0.3 is 5.97 Å². The fraction of sp³-hybridized carbons (Fsp3) is 0.440. The third-order valence-electron chi connectivity index (χ3n) is 5.75. The topological polar surface area (TPSA) is 53.6 Å². The maximum Gasteiger partial charge on any atom is 0.338 e. The first kappa shape index (κ1) is 23.1. The first-order valence-electron chi connectivity index (χ1n) is 11.1. The molecular weight excluding hydrogens is 406 g/mol. The summed E-state index contributed by atoms with van der Waals surface area (Å²) in [5.74, 6) is 0.446. The van der Waals surface area contributed by atoms with Crippen LogP contribution in [0.25, 0.3) is 0 Å². The lowest BCUT2D eigenvalue weighted by Crippen LogP contribution is -2.34. The highest BCUT2D eigenvalue weighted by atomic mass is 32.1. The Kier molecular flexibility index (Phi) is 7.91. The average molecular weight is 440 g/mol. The number of rotatable bonds is 6. The lowest BCUT2D eigenvalue weighted by Gasteiger charge is -2.33. The number of nitrogens with one attached hydrogen (secondary N) is 2. The molecule has 1 saturated heterocycles. The molecule has 0 unspecified atom stereocenters. The monoisotopic (exact) mass is 439 g/mol. The molecule has 0 bridgehead atoms. The normalized spacial score (nSPS) is 17.0. The van der Waals surface area contributed by atoms with Crippen molar-refractivity contribution in [2.24, 2.45) is 5.92 Å². The summed E-state index contributed by atoms with van der Waals surface area (Å²) in [6.45, 7) is 10.8. The van der Waals surface area contributed by atoms with Crippen LogP contribution >= 0.6 is 12.2 Å². The number of nitrogens with zero attached hydrogens (tertiary/aromatic N) is 1. The first-order chi connectivity index (χ1) is 14.9. The lowest BCUT2D eigenvalue weighted by molar-refractivity contribution is 0.0526. The second kappa shape index (κ2) is 10.6. The van der Waals surface area contributed by atoms with Crippen molar-refractivity contribution >= 4 is 34.7 Å². The molecule has 166 valence electrons. The number of anilines is 2. The number of esters is 1. The minimum absolute atomic E-state index is 0.0773. The number of benzene rings is 2. The molecule has 6 heteroatoms. The smallest absolute Gasteiger partial charge is 0.338 e. The molecule has 1 heterocycles. The Morgan fingerprint density at radius 3 is 2.65 bits per heavy atom. The number of ether oxygens (including phenoxy) is 1. The maximum atomic E-state index is 11.9. The van der Waals surface area contributed by atoms with Crippen LogP contribution in [-0.4, -0.2) is 30.8 Å². The standard InChI is InChI=1S/C25H33N3O2S/c1-5-30-24(29)21-10-13-23(18(3)15-21)27-25(31)26-19(4)20-8-11-22(12-9-20)28-14-6-7-17(2)16-28/h8-13,15,17,19H,5-7,14,16H2,1-4H3,(H2,26,27,31)/t17-,19+/m0/s1. The summed E-state index contributed by atoms with van der Waals surface area (Å²) in [5, 5.41) is 7.14. The minimum atomic E-state index is -0.311. The molecule has 0 aliphatic carbocycles. The summed E-state index contributed by atoms with van der Waals surface area (Å²) < 4.78 is 5.06. The molecule has 5 nitrogen and oxygen atoms in total. The van der Waals surface area contributed by atoms with Crippen LogP contribution in [0.2, 0.25) is 0 Å². The Bertz CT molecular complexity index is 913. The molecule has 1 aliphatic rings. The van der Waals surface area contributed by atoms with Gasteiger partial charge in [0.05, 0.1) is 18.2 Å². The fourth-order valence-corrected chi connectivity index (χ4v) is 4.27. The van der Waals surface area contributed by atoms with Gasteiger partial charge in [-0.2, -0.15) is 0 Å². The van der Waals surface area contributed by atoms with E-state index in [1.54, 1.807) is 13.0 Å². The predicted molar refractivity (Wildman–Crippen MR) is 132 cm³/mol. The summed E-state index contributed by atoms with van der Waals surface area (Å²) in [7, 11) is 0. The van der Waals surface area contributed by atoms with E-state index in [2.05, 4.69) is 53.6 Å². The van der Waals surface area contributed by atoms with Crippen molar-refractivity contribution in [1.29, 1.82) is 0 Å². The highest BCUT2D eigenvalue weighted by Crippen LogP contribution is 2.25. The van der Waals surface area contributed by atoms with Gasteiger partial charge in [-0.05, 0) is 93.2 Å². The van der Waals surface area contributed by atoms with Crippen molar-refractivity contribution in [3.63, 3.8) is 0 Å². The van der Waals surface area contributed by atoms with E-state index in [-0.39, 0.29) is 12.0 Å². The molecule has 2 aromatic rings. The third-order valence-corrected chi connectivity index (χ3v) is 5.97. The van der Waals surface area contributed by atoms with Gasteiger partial charge in [0.15, 0.2) is 5.11 Å². The molecule has 31 heavy (non-hydrogen) atoms. The number of carbonyl (C=O) groups is 1. The SMILES string of the molecule is CCOC(=O)c1ccc(NC(=S)N[C@H](C)c2ccc(N3CCC[C@H](C)C3)cc2)c(C)c1. The van der Waals surface area contributed by atoms with E-state index >= 15 is 0 Å². The number of aryl methyl sites for hydroxylation is 1. The van der Waals surface area contributed by atoms with Gasteiger partial charge in [-0.15, -0.1) is 0 Å². The molecule has 1 aliphatic heterocycles. The van der Waals surface area contributed by atoms with E-state index in [1.807, 2.05) is 19.1 Å². The van der Waals surface area contributed by atoms with E-state index in [4.69, 9.17) is 17.0 Å². The third kappa shape index (κ3) is 6.20. The average Bonchev–Trinajstić information content (AvgIpc) is 2.75. The molecule has 3 rings (SSSR count). The van der Waals surface area contributed by atoms with Crippen LogP contribution in [0, 0.1) is 12.8 Å². The number of thiocarbonyl (C=S) groups is 1. The van der Waals surface area contributed by atoms with E-state index in [9.17, 15) is 4.79 Å². The fourth-order valence-electron chi connectivity index (χ4n) is 3.98. The molecular formula is C25H33N3O2S. The zero-order chi connectivity index (χ0) is 22.4. The Hall–Kier alpha value is -2.60. The minimum Gasteiger partial charge on any atom is -0.462 e. The summed E-state index contributed by atoms with van der Waals surface area (Å²) in [5.41, 5.74) is 4.82. The van der Waals surface area contributed by atoms with Crippen LogP contribution in [-0.2, 0) is 4.74 Å². The van der Waals surface area contributed by atoms with Gasteiger partial charge in [0.25, 0.3) is 0 Å². The van der Waals surface area contributed by atoms with E-state index in [0.717, 1.165) is 30.3 Å². The molecule has 0 spiro atoms. The number of carbonyl (C=O) groups excluding carboxylic acids is 1. The maximum absolute atomic E-state index is 11.9. The molecule has 2 N–H and O–H groups in total. The molecule has 2 aromatic carbocycles. The molecule has 0 aromatic heterocycles. The van der Waals surface area contributed by atoms with Crippen molar-refractivity contribution in [2.45, 2.75) is 46.6 Å². The zero-order valence-electron chi connectivity index (χ0n) is 18.9. The van der Waals surface area contributed by atoms with Crippen LogP contribution in [0.5, 0.6) is 0 Å². The Morgan fingerprint density at radius 1 is 1.26 bits per heavy atom. The van der Waals surface area contributed by atoms with Crippen molar-refractivity contribution in [3.05, 3.63) is 59.2 Å². The second-order valence-corrected chi connectivity index (χ2v) is 8.76. The van der Waals surface area contributed by atoms with Gasteiger partial charge in [0.2, 0.25) is 0 Å². The Balaban J connectivity index is 1.57. The van der Waals surface area contributed by atoms with E-state index in [1.165, 1.54) is 24.1 Å². The highest BCUT2D eigenvalue weighted by Gasteiger charge is 2.17. The van der Waals surface area contributed by atoms with E-state index < -0.39 is 0 Å². The van der Waals surface area contributed by atoms with Gasteiger partial charge in [-0.25, -0.2) is 4.79 Å².